The summed E-state index contributed by atoms with van der Waals surface area (Å²) in [6.45, 7) is 2.92. The van der Waals surface area contributed by atoms with E-state index in [4.69, 9.17) is 0 Å². The number of benzene rings is 2. The first-order chi connectivity index (χ1) is 18.0. The molecule has 7 nitrogen and oxygen atoms in total. The monoisotopic (exact) mass is 500 g/mol. The number of amides is 2. The smallest absolute Gasteiger partial charge is 0.322 e. The number of urea groups is 1. The summed E-state index contributed by atoms with van der Waals surface area (Å²) in [6, 6.07) is 16.9. The van der Waals surface area contributed by atoms with Crippen LogP contribution in [0.4, 0.5) is 27.5 Å². The minimum absolute atomic E-state index is 0.00782. The van der Waals surface area contributed by atoms with Gasteiger partial charge in [0, 0.05) is 56.4 Å². The fraction of sp³-hybridized carbons (Fsp3) is 0.533. The van der Waals surface area contributed by atoms with Gasteiger partial charge in [0.15, 0.2) is 0 Å². The zero-order chi connectivity index (χ0) is 25.1. The van der Waals surface area contributed by atoms with Crippen molar-refractivity contribution in [3.05, 3.63) is 48.5 Å². The molecule has 37 heavy (non-hydrogen) atoms. The van der Waals surface area contributed by atoms with Crippen LogP contribution in [0.3, 0.4) is 0 Å². The second-order valence-corrected chi connectivity index (χ2v) is 12.0. The van der Waals surface area contributed by atoms with Crippen molar-refractivity contribution in [2.24, 2.45) is 17.8 Å². The van der Waals surface area contributed by atoms with Crippen molar-refractivity contribution in [1.82, 2.24) is 5.32 Å². The van der Waals surface area contributed by atoms with Gasteiger partial charge in [-0.2, -0.15) is 0 Å². The van der Waals surface area contributed by atoms with Crippen LogP contribution in [-0.4, -0.2) is 54.7 Å². The molecule has 2 N–H and O–H groups in total. The fourth-order valence-electron chi connectivity index (χ4n) is 8.14. The standard InChI is InChI=1S/C30H36N4O3/c35-25-9-11-32(12-10-25)23-5-7-24(8-6-23)33-13-14-34(27-4-2-1-3-26(27)33)29(36)31-28-21-15-20-16-22(28)19-30(37,17-20)18-21/h1-8,20-22,28,37H,9-19H2,(H,31,36)/t20?,21-,22+,28?,30?. The number of piperidine rings is 1. The van der Waals surface area contributed by atoms with Crippen molar-refractivity contribution in [2.75, 3.05) is 40.9 Å². The molecule has 5 atom stereocenters. The molecule has 194 valence electrons. The zero-order valence-electron chi connectivity index (χ0n) is 21.3. The summed E-state index contributed by atoms with van der Waals surface area (Å²) < 4.78 is 0. The molecule has 0 aromatic heterocycles. The Labute approximate surface area is 218 Å². The average Bonchev–Trinajstić information content (AvgIpc) is 2.90. The maximum Gasteiger partial charge on any atom is 0.322 e. The molecule has 6 aliphatic rings. The van der Waals surface area contributed by atoms with Crippen LogP contribution < -0.4 is 20.0 Å². The number of carbonyl (C=O) groups is 2. The van der Waals surface area contributed by atoms with E-state index in [2.05, 4.69) is 45.4 Å². The Morgan fingerprint density at radius 2 is 1.49 bits per heavy atom. The Hall–Kier alpha value is -3.06. The SMILES string of the molecule is O=C1CCN(c2ccc(N3CCN(C(=O)NC4[C@@H]5CC6C[C@H]4CC(O)(C6)C5)c4ccccc43)cc2)CC1. The number of hydrogen-bond acceptors (Lipinski definition) is 5. The Kier molecular flexibility index (Phi) is 5.47. The highest BCUT2D eigenvalue weighted by Crippen LogP contribution is 2.55. The fourth-order valence-corrected chi connectivity index (χ4v) is 8.14. The molecular formula is C30H36N4O3. The second-order valence-electron chi connectivity index (χ2n) is 12.0. The number of rotatable bonds is 3. The molecule has 4 bridgehead atoms. The third-order valence-electron chi connectivity index (χ3n) is 9.63. The number of fused-ring (bicyclic) bond motifs is 1. The molecule has 2 amide bonds. The maximum atomic E-state index is 13.6. The normalized spacial score (nSPS) is 32.5. The van der Waals surface area contributed by atoms with E-state index in [1.165, 1.54) is 0 Å². The minimum Gasteiger partial charge on any atom is -0.390 e. The summed E-state index contributed by atoms with van der Waals surface area (Å²) in [7, 11) is 0. The molecule has 4 aliphatic carbocycles. The molecule has 1 saturated heterocycles. The highest BCUT2D eigenvalue weighted by molar-refractivity contribution is 5.98. The van der Waals surface area contributed by atoms with Gasteiger partial charge in [0.05, 0.1) is 17.0 Å². The largest absolute Gasteiger partial charge is 0.390 e. The summed E-state index contributed by atoms with van der Waals surface area (Å²) in [5, 5.41) is 14.3. The van der Waals surface area contributed by atoms with Gasteiger partial charge in [-0.1, -0.05) is 12.1 Å². The van der Waals surface area contributed by atoms with Gasteiger partial charge in [0.25, 0.3) is 0 Å². The molecule has 2 aromatic rings. The lowest BCUT2D eigenvalue weighted by Gasteiger charge is -2.58. The number of Topliss-reactive ketones (excluding diaryl/α,β-unsaturated/α-hetero) is 1. The molecule has 3 unspecified atom stereocenters. The molecule has 0 spiro atoms. The van der Waals surface area contributed by atoms with E-state index in [9.17, 15) is 14.7 Å². The van der Waals surface area contributed by atoms with Crippen molar-refractivity contribution in [3.8, 4) is 0 Å². The quantitative estimate of drug-likeness (QED) is 0.651. The van der Waals surface area contributed by atoms with Crippen LogP contribution in [0.1, 0.15) is 44.9 Å². The Balaban J connectivity index is 1.08. The topological polar surface area (TPSA) is 76.1 Å². The number of hydrogen-bond donors (Lipinski definition) is 2. The van der Waals surface area contributed by atoms with Crippen LogP contribution >= 0.6 is 0 Å². The molecule has 2 aromatic carbocycles. The number of carbonyl (C=O) groups excluding carboxylic acids is 2. The third-order valence-corrected chi connectivity index (χ3v) is 9.63. The predicted octanol–water partition coefficient (Wildman–Crippen LogP) is 4.46. The molecule has 4 saturated carbocycles. The summed E-state index contributed by atoms with van der Waals surface area (Å²) >= 11 is 0. The summed E-state index contributed by atoms with van der Waals surface area (Å²) in [4.78, 5) is 31.7. The molecule has 2 aliphatic heterocycles. The molecule has 5 fully saturated rings. The Bertz CT molecular complexity index is 1190. The predicted molar refractivity (Wildman–Crippen MR) is 145 cm³/mol. The van der Waals surface area contributed by atoms with Gasteiger partial charge in [0.1, 0.15) is 5.78 Å². The Morgan fingerprint density at radius 3 is 2.16 bits per heavy atom. The van der Waals surface area contributed by atoms with E-state index in [0.717, 1.165) is 74.5 Å². The minimum atomic E-state index is -0.489. The van der Waals surface area contributed by atoms with E-state index in [1.54, 1.807) is 0 Å². The van der Waals surface area contributed by atoms with Crippen molar-refractivity contribution in [3.63, 3.8) is 0 Å². The average molecular weight is 501 g/mol. The van der Waals surface area contributed by atoms with Gasteiger partial charge in [0.2, 0.25) is 0 Å². The summed E-state index contributed by atoms with van der Waals surface area (Å²) in [6.07, 6.45) is 6.15. The summed E-state index contributed by atoms with van der Waals surface area (Å²) in [5.74, 6) is 1.78. The van der Waals surface area contributed by atoms with E-state index in [0.29, 0.717) is 42.9 Å². The van der Waals surface area contributed by atoms with Gasteiger partial charge >= 0.3 is 6.03 Å². The number of nitrogens with one attached hydrogen (secondary N) is 1. The van der Waals surface area contributed by atoms with Crippen LogP contribution in [0.25, 0.3) is 0 Å². The number of ketones is 1. The Morgan fingerprint density at radius 1 is 0.838 bits per heavy atom. The molecule has 7 heteroatoms. The van der Waals surface area contributed by atoms with E-state index >= 15 is 0 Å². The van der Waals surface area contributed by atoms with Crippen LogP contribution in [0.15, 0.2) is 48.5 Å². The third kappa shape index (κ3) is 4.08. The van der Waals surface area contributed by atoms with Crippen LogP contribution in [0.2, 0.25) is 0 Å². The van der Waals surface area contributed by atoms with Crippen LogP contribution in [0, 0.1) is 17.8 Å². The van der Waals surface area contributed by atoms with Crippen molar-refractivity contribution < 1.29 is 14.7 Å². The van der Waals surface area contributed by atoms with Gasteiger partial charge in [-0.25, -0.2) is 4.79 Å². The zero-order valence-corrected chi connectivity index (χ0v) is 21.3. The lowest BCUT2D eigenvalue weighted by Crippen LogP contribution is -2.63. The number of nitrogens with zero attached hydrogens (tertiary/aromatic N) is 3. The maximum absolute atomic E-state index is 13.6. The lowest BCUT2D eigenvalue weighted by atomic mass is 9.52. The number of anilines is 4. The number of para-hydroxylation sites is 2. The number of aliphatic hydroxyl groups is 1. The van der Waals surface area contributed by atoms with E-state index < -0.39 is 5.60 Å². The molecule has 8 rings (SSSR count). The van der Waals surface area contributed by atoms with Gasteiger partial charge in [-0.3, -0.25) is 9.69 Å². The highest BCUT2D eigenvalue weighted by atomic mass is 16.3. The second kappa shape index (κ2) is 8.76. The van der Waals surface area contributed by atoms with Crippen LogP contribution in [0.5, 0.6) is 0 Å². The van der Waals surface area contributed by atoms with Gasteiger partial charge in [-0.05, 0) is 86.3 Å². The van der Waals surface area contributed by atoms with Crippen molar-refractivity contribution in [1.29, 1.82) is 0 Å². The van der Waals surface area contributed by atoms with Gasteiger partial charge in [-0.15, -0.1) is 0 Å². The molecule has 0 radical (unpaired) electrons. The van der Waals surface area contributed by atoms with Crippen LogP contribution in [-0.2, 0) is 4.79 Å². The summed E-state index contributed by atoms with van der Waals surface area (Å²) in [5.41, 5.74) is 3.75. The lowest BCUT2D eigenvalue weighted by molar-refractivity contribution is -0.136. The van der Waals surface area contributed by atoms with E-state index in [1.807, 2.05) is 23.1 Å². The first-order valence-corrected chi connectivity index (χ1v) is 14.0. The van der Waals surface area contributed by atoms with Crippen molar-refractivity contribution in [2.45, 2.75) is 56.6 Å². The first kappa shape index (κ1) is 23.1. The van der Waals surface area contributed by atoms with Gasteiger partial charge < -0.3 is 20.2 Å². The first-order valence-electron chi connectivity index (χ1n) is 14.0. The highest BCUT2D eigenvalue weighted by Gasteiger charge is 2.55. The molecule has 2 heterocycles. The molecular weight excluding hydrogens is 464 g/mol. The van der Waals surface area contributed by atoms with E-state index in [-0.39, 0.29) is 12.1 Å². The van der Waals surface area contributed by atoms with Crippen molar-refractivity contribution >= 4 is 34.6 Å².